The minimum absolute atomic E-state index is 0.0268. The molecule has 1 aromatic carbocycles. The number of carbonyl (C=O) groups excluding carboxylic acids is 2. The molecule has 1 fully saturated rings. The van der Waals surface area contributed by atoms with E-state index in [2.05, 4.69) is 10.3 Å². The van der Waals surface area contributed by atoms with E-state index in [1.807, 2.05) is 35.2 Å². The van der Waals surface area contributed by atoms with E-state index in [4.69, 9.17) is 16.6 Å². The second kappa shape index (κ2) is 9.89. The monoisotopic (exact) mass is 429 g/mol. The maximum atomic E-state index is 13.0. The molecule has 2 aromatic rings. The number of carbonyl (C=O) groups is 2. The van der Waals surface area contributed by atoms with Crippen molar-refractivity contribution in [3.05, 3.63) is 52.4 Å². The summed E-state index contributed by atoms with van der Waals surface area (Å²) in [5.74, 6) is 1.40. The Kier molecular flexibility index (Phi) is 7.26. The zero-order chi connectivity index (χ0) is 21.7. The fraction of sp³-hybridized carbons (Fsp3) is 0.455. The van der Waals surface area contributed by atoms with Crippen LogP contribution in [-0.2, 0) is 22.6 Å². The molecule has 1 saturated heterocycles. The largest absolute Gasteiger partial charge is 0.373 e. The zero-order valence-electron chi connectivity index (χ0n) is 17.7. The molecule has 2 heterocycles. The normalized spacial score (nSPS) is 15.9. The van der Waals surface area contributed by atoms with Gasteiger partial charge in [-0.05, 0) is 37.0 Å². The van der Waals surface area contributed by atoms with Crippen LogP contribution < -0.4 is 5.32 Å². The Hall–Kier alpha value is -2.67. The summed E-state index contributed by atoms with van der Waals surface area (Å²) < 4.78 is 0. The maximum absolute atomic E-state index is 13.0. The lowest BCUT2D eigenvalue weighted by Crippen LogP contribution is -2.32. The van der Waals surface area contributed by atoms with E-state index in [1.54, 1.807) is 19.0 Å². The second-order valence-electron chi connectivity index (χ2n) is 7.60. The van der Waals surface area contributed by atoms with Gasteiger partial charge in [-0.2, -0.15) is 0 Å². The first-order chi connectivity index (χ1) is 14.4. The molecule has 3 rings (SSSR count). The third-order valence-corrected chi connectivity index (χ3v) is 5.65. The van der Waals surface area contributed by atoms with E-state index >= 15 is 0 Å². The number of rotatable bonds is 7. The van der Waals surface area contributed by atoms with Crippen LogP contribution in [0.15, 0.2) is 30.3 Å². The molecule has 1 aliphatic heterocycles. The molecule has 2 amide bonds. The van der Waals surface area contributed by atoms with Crippen molar-refractivity contribution in [2.24, 2.45) is 0 Å². The van der Waals surface area contributed by atoms with Crippen molar-refractivity contribution in [1.82, 2.24) is 19.8 Å². The van der Waals surface area contributed by atoms with Crippen LogP contribution in [0.4, 0.5) is 5.82 Å². The number of nitrogens with zero attached hydrogens (tertiary/aromatic N) is 4. The third kappa shape index (κ3) is 5.48. The summed E-state index contributed by atoms with van der Waals surface area (Å²) in [4.78, 5) is 37.4. The Morgan fingerprint density at radius 3 is 2.67 bits per heavy atom. The highest BCUT2D eigenvalue weighted by Crippen LogP contribution is 2.31. The highest BCUT2D eigenvalue weighted by molar-refractivity contribution is 6.30. The molecule has 1 atom stereocenters. The lowest BCUT2D eigenvalue weighted by atomic mass is 10.1. The van der Waals surface area contributed by atoms with Crippen molar-refractivity contribution >= 4 is 29.2 Å². The predicted molar refractivity (Wildman–Crippen MR) is 117 cm³/mol. The highest BCUT2D eigenvalue weighted by atomic mass is 35.5. The van der Waals surface area contributed by atoms with Gasteiger partial charge >= 0.3 is 0 Å². The Morgan fingerprint density at radius 1 is 1.27 bits per heavy atom. The molecule has 0 unspecified atom stereocenters. The van der Waals surface area contributed by atoms with Crippen LogP contribution in [0.2, 0.25) is 5.02 Å². The SMILES string of the molecule is CNc1cc(CN(C)C(C)=O)nc([C@H]2CCCN2C(=O)CCc2ccc(Cl)cc2)n1. The number of hydrogen-bond donors (Lipinski definition) is 1. The minimum atomic E-state index is -0.141. The average Bonchev–Trinajstić information content (AvgIpc) is 3.23. The van der Waals surface area contributed by atoms with Crippen molar-refractivity contribution in [2.75, 3.05) is 26.0 Å². The number of amides is 2. The molecule has 0 spiro atoms. The van der Waals surface area contributed by atoms with E-state index in [1.165, 1.54) is 6.92 Å². The van der Waals surface area contributed by atoms with Gasteiger partial charge in [0.2, 0.25) is 11.8 Å². The number of aryl methyl sites for hydroxylation is 1. The van der Waals surface area contributed by atoms with Crippen LogP contribution in [0.3, 0.4) is 0 Å². The Morgan fingerprint density at radius 2 is 2.00 bits per heavy atom. The van der Waals surface area contributed by atoms with E-state index in [9.17, 15) is 9.59 Å². The van der Waals surface area contributed by atoms with Gasteiger partial charge in [0.25, 0.3) is 0 Å². The van der Waals surface area contributed by atoms with Crippen LogP contribution >= 0.6 is 11.6 Å². The molecule has 7 nitrogen and oxygen atoms in total. The number of halogens is 1. The van der Waals surface area contributed by atoms with Gasteiger partial charge < -0.3 is 15.1 Å². The third-order valence-electron chi connectivity index (χ3n) is 5.40. The molecule has 160 valence electrons. The number of nitrogens with one attached hydrogen (secondary N) is 1. The number of likely N-dealkylation sites (tertiary alicyclic amines) is 1. The van der Waals surface area contributed by atoms with Crippen LogP contribution in [-0.4, -0.2) is 52.2 Å². The Labute approximate surface area is 182 Å². The fourth-order valence-electron chi connectivity index (χ4n) is 3.61. The quantitative estimate of drug-likeness (QED) is 0.729. The van der Waals surface area contributed by atoms with Gasteiger partial charge in [0.15, 0.2) is 5.82 Å². The van der Waals surface area contributed by atoms with Gasteiger partial charge in [-0.1, -0.05) is 23.7 Å². The molecular weight excluding hydrogens is 402 g/mol. The Balaban J connectivity index is 1.74. The van der Waals surface area contributed by atoms with Crippen LogP contribution in [0.1, 0.15) is 49.3 Å². The summed E-state index contributed by atoms with van der Waals surface area (Å²) in [7, 11) is 3.54. The molecular formula is C22H28ClN5O2. The second-order valence-corrected chi connectivity index (χ2v) is 8.04. The maximum Gasteiger partial charge on any atom is 0.223 e. The van der Waals surface area contributed by atoms with E-state index in [0.29, 0.717) is 42.6 Å². The van der Waals surface area contributed by atoms with Gasteiger partial charge in [-0.15, -0.1) is 0 Å². The topological polar surface area (TPSA) is 78.4 Å². The first-order valence-corrected chi connectivity index (χ1v) is 10.6. The summed E-state index contributed by atoms with van der Waals surface area (Å²) in [6.07, 6.45) is 2.87. The van der Waals surface area contributed by atoms with Crippen LogP contribution in [0.5, 0.6) is 0 Å². The van der Waals surface area contributed by atoms with Gasteiger partial charge in [0, 0.05) is 45.1 Å². The first-order valence-electron chi connectivity index (χ1n) is 10.2. The van der Waals surface area contributed by atoms with Crippen molar-refractivity contribution in [2.45, 2.75) is 45.2 Å². The molecule has 1 N–H and O–H groups in total. The summed E-state index contributed by atoms with van der Waals surface area (Å²) in [5.41, 5.74) is 1.84. The molecule has 0 aliphatic carbocycles. The Bertz CT molecular complexity index is 903. The first kappa shape index (κ1) is 22.0. The molecule has 1 aliphatic rings. The summed E-state index contributed by atoms with van der Waals surface area (Å²) >= 11 is 5.94. The molecule has 0 bridgehead atoms. The molecule has 0 radical (unpaired) electrons. The van der Waals surface area contributed by atoms with E-state index < -0.39 is 0 Å². The number of benzene rings is 1. The van der Waals surface area contributed by atoms with Crippen molar-refractivity contribution in [3.8, 4) is 0 Å². The lowest BCUT2D eigenvalue weighted by molar-refractivity contribution is -0.132. The average molecular weight is 430 g/mol. The summed E-state index contributed by atoms with van der Waals surface area (Å²) in [6, 6.07) is 9.29. The molecule has 8 heteroatoms. The van der Waals surface area contributed by atoms with E-state index in [-0.39, 0.29) is 17.9 Å². The standard InChI is InChI=1S/C22H28ClN5O2/c1-15(29)27(3)14-18-13-20(24-2)26-22(25-18)19-5-4-12-28(19)21(30)11-8-16-6-9-17(23)10-7-16/h6-7,9-10,13,19H,4-5,8,11-12,14H2,1-3H3,(H,24,25,26)/t19-/m1/s1. The minimum Gasteiger partial charge on any atom is -0.373 e. The van der Waals surface area contributed by atoms with Gasteiger partial charge in [0.1, 0.15) is 5.82 Å². The highest BCUT2D eigenvalue weighted by Gasteiger charge is 2.32. The predicted octanol–water partition coefficient (Wildman–Crippen LogP) is 3.45. The van der Waals surface area contributed by atoms with Gasteiger partial charge in [-0.3, -0.25) is 9.59 Å². The number of anilines is 1. The molecule has 1 aromatic heterocycles. The molecule has 0 saturated carbocycles. The zero-order valence-corrected chi connectivity index (χ0v) is 18.4. The van der Waals surface area contributed by atoms with Gasteiger partial charge in [-0.25, -0.2) is 9.97 Å². The summed E-state index contributed by atoms with van der Waals surface area (Å²) in [6.45, 7) is 2.63. The molecule has 30 heavy (non-hydrogen) atoms. The number of hydrogen-bond acceptors (Lipinski definition) is 5. The van der Waals surface area contributed by atoms with Gasteiger partial charge in [0.05, 0.1) is 18.3 Å². The fourth-order valence-corrected chi connectivity index (χ4v) is 3.74. The van der Waals surface area contributed by atoms with Crippen molar-refractivity contribution in [1.29, 1.82) is 0 Å². The van der Waals surface area contributed by atoms with E-state index in [0.717, 1.165) is 24.1 Å². The smallest absolute Gasteiger partial charge is 0.223 e. The number of aromatic nitrogens is 2. The van der Waals surface area contributed by atoms with Crippen molar-refractivity contribution in [3.63, 3.8) is 0 Å². The lowest BCUT2D eigenvalue weighted by Gasteiger charge is -2.25. The van der Waals surface area contributed by atoms with Crippen LogP contribution in [0, 0.1) is 0 Å². The summed E-state index contributed by atoms with van der Waals surface area (Å²) in [5, 5.41) is 3.75. The van der Waals surface area contributed by atoms with Crippen molar-refractivity contribution < 1.29 is 9.59 Å². The van der Waals surface area contributed by atoms with Crippen LogP contribution in [0.25, 0.3) is 0 Å².